The van der Waals surface area contributed by atoms with Crippen LogP contribution in [0.2, 0.25) is 0 Å². The molecule has 1 heterocycles. The predicted octanol–water partition coefficient (Wildman–Crippen LogP) is 3.15. The van der Waals surface area contributed by atoms with E-state index in [4.69, 9.17) is 14.9 Å². The maximum Gasteiger partial charge on any atom is 0.287 e. The minimum absolute atomic E-state index is 0.139. The molecule has 6 nitrogen and oxygen atoms in total. The zero-order chi connectivity index (χ0) is 17.9. The normalized spacial score (nSPS) is 15.7. The highest BCUT2D eigenvalue weighted by Gasteiger charge is 2.41. The summed E-state index contributed by atoms with van der Waals surface area (Å²) in [5.74, 6) is 0.415. The van der Waals surface area contributed by atoms with Crippen molar-refractivity contribution >= 4 is 27.7 Å². The lowest BCUT2D eigenvalue weighted by atomic mass is 9.96. The Morgan fingerprint density at radius 3 is 2.68 bits per heavy atom. The number of ether oxygens (including phenoxy) is 1. The molecule has 1 aliphatic carbocycles. The Bertz CT molecular complexity index is 781. The molecule has 7 heteroatoms. The molecule has 0 bridgehead atoms. The standard InChI is InChI=1S/C18H19BrN2O4/c19-12-4-3-5-13(10-12)24-11-14-6-7-15(25-14)16(22)21-18(17(20)23)8-1-2-9-18/h3-7,10H,1-2,8-9,11H2,(H2,20,23)(H,21,22). The molecule has 0 radical (unpaired) electrons. The van der Waals surface area contributed by atoms with E-state index < -0.39 is 17.4 Å². The van der Waals surface area contributed by atoms with E-state index in [1.165, 1.54) is 0 Å². The summed E-state index contributed by atoms with van der Waals surface area (Å²) < 4.78 is 12.1. The van der Waals surface area contributed by atoms with Crippen LogP contribution >= 0.6 is 15.9 Å². The Labute approximate surface area is 153 Å². The summed E-state index contributed by atoms with van der Waals surface area (Å²) in [6.07, 6.45) is 2.86. The van der Waals surface area contributed by atoms with Crippen LogP contribution in [-0.2, 0) is 11.4 Å². The molecule has 0 unspecified atom stereocenters. The Morgan fingerprint density at radius 1 is 1.24 bits per heavy atom. The number of primary amides is 1. The smallest absolute Gasteiger partial charge is 0.287 e. The molecule has 0 spiro atoms. The summed E-state index contributed by atoms with van der Waals surface area (Å²) in [5, 5.41) is 2.75. The van der Waals surface area contributed by atoms with Gasteiger partial charge in [-0.05, 0) is 43.2 Å². The van der Waals surface area contributed by atoms with Gasteiger partial charge in [-0.15, -0.1) is 0 Å². The highest BCUT2D eigenvalue weighted by molar-refractivity contribution is 9.10. The zero-order valence-electron chi connectivity index (χ0n) is 13.6. The van der Waals surface area contributed by atoms with Crippen molar-refractivity contribution in [1.29, 1.82) is 0 Å². The van der Waals surface area contributed by atoms with Crippen LogP contribution < -0.4 is 15.8 Å². The minimum atomic E-state index is -0.961. The molecule has 1 aliphatic rings. The van der Waals surface area contributed by atoms with Crippen molar-refractivity contribution in [2.45, 2.75) is 37.8 Å². The molecule has 3 N–H and O–H groups in total. The SMILES string of the molecule is NC(=O)C1(NC(=O)c2ccc(COc3cccc(Br)c3)o2)CCCC1. The second kappa shape index (κ2) is 7.31. The number of carbonyl (C=O) groups excluding carboxylic acids is 2. The number of hydrogen-bond donors (Lipinski definition) is 2. The maximum atomic E-state index is 12.4. The fourth-order valence-electron chi connectivity index (χ4n) is 2.98. The van der Waals surface area contributed by atoms with Gasteiger partial charge in [0.25, 0.3) is 5.91 Å². The molecule has 2 amide bonds. The van der Waals surface area contributed by atoms with Crippen LogP contribution in [0.25, 0.3) is 0 Å². The van der Waals surface area contributed by atoms with E-state index in [1.807, 2.05) is 24.3 Å². The first kappa shape index (κ1) is 17.5. The third-order valence-electron chi connectivity index (χ3n) is 4.34. The van der Waals surface area contributed by atoms with Gasteiger partial charge in [0.1, 0.15) is 23.7 Å². The number of nitrogens with one attached hydrogen (secondary N) is 1. The van der Waals surface area contributed by atoms with E-state index in [0.717, 1.165) is 17.3 Å². The first-order valence-electron chi connectivity index (χ1n) is 8.08. The quantitative estimate of drug-likeness (QED) is 0.769. The number of carbonyl (C=O) groups is 2. The number of amides is 2. The van der Waals surface area contributed by atoms with Gasteiger partial charge in [0.2, 0.25) is 5.91 Å². The minimum Gasteiger partial charge on any atom is -0.486 e. The van der Waals surface area contributed by atoms with Crippen LogP contribution in [-0.4, -0.2) is 17.4 Å². The Kier molecular flexibility index (Phi) is 5.13. The van der Waals surface area contributed by atoms with Crippen LogP contribution in [0.15, 0.2) is 45.3 Å². The van der Waals surface area contributed by atoms with Gasteiger partial charge in [-0.2, -0.15) is 0 Å². The summed E-state index contributed by atoms with van der Waals surface area (Å²) in [5.41, 5.74) is 4.52. The molecule has 1 fully saturated rings. The predicted molar refractivity (Wildman–Crippen MR) is 95.0 cm³/mol. The summed E-state index contributed by atoms with van der Waals surface area (Å²) >= 11 is 3.38. The maximum absolute atomic E-state index is 12.4. The van der Waals surface area contributed by atoms with E-state index in [-0.39, 0.29) is 12.4 Å². The summed E-state index contributed by atoms with van der Waals surface area (Å²) in [6.45, 7) is 0.199. The number of rotatable bonds is 6. The van der Waals surface area contributed by atoms with Gasteiger partial charge in [-0.25, -0.2) is 0 Å². The van der Waals surface area contributed by atoms with Crippen molar-refractivity contribution < 1.29 is 18.7 Å². The molecule has 2 aromatic rings. The van der Waals surface area contributed by atoms with Crippen LogP contribution in [0, 0.1) is 0 Å². The van der Waals surface area contributed by atoms with E-state index in [0.29, 0.717) is 24.4 Å². The average molecular weight is 407 g/mol. The lowest BCUT2D eigenvalue weighted by Crippen LogP contribution is -2.55. The van der Waals surface area contributed by atoms with Gasteiger partial charge < -0.3 is 20.2 Å². The Balaban J connectivity index is 1.62. The van der Waals surface area contributed by atoms with Crippen molar-refractivity contribution in [3.05, 3.63) is 52.4 Å². The third-order valence-corrected chi connectivity index (χ3v) is 4.84. The van der Waals surface area contributed by atoms with Crippen LogP contribution in [0.3, 0.4) is 0 Å². The van der Waals surface area contributed by atoms with Crippen molar-refractivity contribution in [3.63, 3.8) is 0 Å². The number of benzene rings is 1. The summed E-state index contributed by atoms with van der Waals surface area (Å²) in [4.78, 5) is 24.1. The van der Waals surface area contributed by atoms with Crippen LogP contribution in [0.1, 0.15) is 42.0 Å². The summed E-state index contributed by atoms with van der Waals surface area (Å²) in [7, 11) is 0. The van der Waals surface area contributed by atoms with Crippen molar-refractivity contribution in [2.24, 2.45) is 5.73 Å². The lowest BCUT2D eigenvalue weighted by Gasteiger charge is -2.25. The van der Waals surface area contributed by atoms with Crippen LogP contribution in [0.4, 0.5) is 0 Å². The first-order chi connectivity index (χ1) is 12.0. The van der Waals surface area contributed by atoms with Gasteiger partial charge in [-0.3, -0.25) is 9.59 Å². The fraction of sp³-hybridized carbons (Fsp3) is 0.333. The van der Waals surface area contributed by atoms with E-state index in [2.05, 4.69) is 21.2 Å². The van der Waals surface area contributed by atoms with Gasteiger partial charge in [0, 0.05) is 4.47 Å². The first-order valence-corrected chi connectivity index (χ1v) is 8.87. The molecule has 1 aromatic carbocycles. The monoisotopic (exact) mass is 406 g/mol. The number of furan rings is 1. The van der Waals surface area contributed by atoms with Gasteiger partial charge in [0.05, 0.1) is 0 Å². The average Bonchev–Trinajstić information content (AvgIpc) is 3.23. The molecule has 0 aliphatic heterocycles. The molecular formula is C18H19BrN2O4. The molecule has 3 rings (SSSR count). The molecule has 0 saturated heterocycles. The number of nitrogens with two attached hydrogens (primary N) is 1. The van der Waals surface area contributed by atoms with Gasteiger partial charge >= 0.3 is 0 Å². The number of hydrogen-bond acceptors (Lipinski definition) is 4. The number of halogens is 1. The third kappa shape index (κ3) is 4.04. The Morgan fingerprint density at radius 2 is 2.00 bits per heavy atom. The highest BCUT2D eigenvalue weighted by atomic mass is 79.9. The van der Waals surface area contributed by atoms with Crippen LogP contribution in [0.5, 0.6) is 5.75 Å². The van der Waals surface area contributed by atoms with Crippen molar-refractivity contribution in [2.75, 3.05) is 0 Å². The topological polar surface area (TPSA) is 94.6 Å². The molecule has 1 aromatic heterocycles. The van der Waals surface area contributed by atoms with E-state index in [1.54, 1.807) is 12.1 Å². The molecule has 0 atom stereocenters. The molecule has 25 heavy (non-hydrogen) atoms. The summed E-state index contributed by atoms with van der Waals surface area (Å²) in [6, 6.07) is 10.7. The molecule has 1 saturated carbocycles. The van der Waals surface area contributed by atoms with Crippen molar-refractivity contribution in [1.82, 2.24) is 5.32 Å². The van der Waals surface area contributed by atoms with Gasteiger partial charge in [-0.1, -0.05) is 34.8 Å². The molecular weight excluding hydrogens is 388 g/mol. The fourth-order valence-corrected chi connectivity index (χ4v) is 3.36. The van der Waals surface area contributed by atoms with Crippen molar-refractivity contribution in [3.8, 4) is 5.75 Å². The van der Waals surface area contributed by atoms with Gasteiger partial charge in [0.15, 0.2) is 5.76 Å². The highest BCUT2D eigenvalue weighted by Crippen LogP contribution is 2.30. The lowest BCUT2D eigenvalue weighted by molar-refractivity contribution is -0.123. The molecule has 132 valence electrons. The second-order valence-corrected chi connectivity index (χ2v) is 7.04. The second-order valence-electron chi connectivity index (χ2n) is 6.12. The Hall–Kier alpha value is -2.28. The zero-order valence-corrected chi connectivity index (χ0v) is 15.2. The van der Waals surface area contributed by atoms with E-state index in [9.17, 15) is 9.59 Å². The van der Waals surface area contributed by atoms with E-state index >= 15 is 0 Å². The largest absolute Gasteiger partial charge is 0.486 e.